The first-order chi connectivity index (χ1) is 10.8. The molecule has 128 valence electrons. The first kappa shape index (κ1) is 18.9. The van der Waals surface area contributed by atoms with Gasteiger partial charge in [0.25, 0.3) is 6.47 Å². The lowest BCUT2D eigenvalue weighted by Crippen LogP contribution is -2.46. The van der Waals surface area contributed by atoms with E-state index in [0.717, 1.165) is 11.3 Å². The largest absolute Gasteiger partial charge is 0.483 e. The summed E-state index contributed by atoms with van der Waals surface area (Å²) in [7, 11) is 0. The second kappa shape index (κ2) is 8.44. The van der Waals surface area contributed by atoms with Gasteiger partial charge in [-0.2, -0.15) is 0 Å². The number of carbonyl (C=O) groups is 2. The lowest BCUT2D eigenvalue weighted by atomic mass is 9.94. The van der Waals surface area contributed by atoms with Crippen LogP contribution in [0, 0.1) is 19.8 Å². The molecule has 0 spiro atoms. The summed E-state index contributed by atoms with van der Waals surface area (Å²) in [4.78, 5) is 25.9. The number of anilines is 1. The van der Waals surface area contributed by atoms with Crippen molar-refractivity contribution in [1.29, 1.82) is 0 Å². The Morgan fingerprint density at radius 2 is 2.09 bits per heavy atom. The fraction of sp³-hybridized carbons (Fsp3) is 0.533. The number of aliphatic hydroxyl groups excluding tert-OH is 2. The smallest absolute Gasteiger partial charge is 0.339 e. The van der Waals surface area contributed by atoms with Gasteiger partial charge in [0, 0.05) is 31.3 Å². The van der Waals surface area contributed by atoms with Crippen molar-refractivity contribution in [2.24, 2.45) is 5.92 Å². The van der Waals surface area contributed by atoms with Crippen LogP contribution in [0.2, 0.25) is 0 Å². The molecular formula is C15H22N2O6. The van der Waals surface area contributed by atoms with Crippen molar-refractivity contribution in [2.45, 2.75) is 26.4 Å². The molecule has 1 aromatic heterocycles. The van der Waals surface area contributed by atoms with Gasteiger partial charge in [-0.15, -0.1) is 0 Å². The molecule has 0 radical (unpaired) electrons. The van der Waals surface area contributed by atoms with Crippen molar-refractivity contribution in [1.82, 2.24) is 4.98 Å². The third kappa shape index (κ3) is 4.64. The average Bonchev–Trinajstić information content (AvgIpc) is 2.50. The maximum Gasteiger partial charge on any atom is 0.339 e. The summed E-state index contributed by atoms with van der Waals surface area (Å²) in [5.74, 6) is -0.767. The van der Waals surface area contributed by atoms with Gasteiger partial charge in [0.2, 0.25) is 0 Å². The standard InChI is InChI=1S/C14H20N2O4.CH2O2/c1-8-5-11(14(19)20)13(15-9(8)2)16-4-3-10(7-17)12(18)6-16;2-1-3/h5,10,12,17-18H,3-4,6-7H2,1-2H3,(H,19,20);1H,(H,2,3)/t10-,12+;/m1./s1. The number of β-amino-alcohol motifs (C(OH)–C–C–N with tert-alkyl or cyclic N) is 1. The Kier molecular flexibility index (Phi) is 6.92. The van der Waals surface area contributed by atoms with Gasteiger partial charge in [-0.1, -0.05) is 0 Å². The summed E-state index contributed by atoms with van der Waals surface area (Å²) in [5, 5.41) is 35.3. The predicted octanol–water partition coefficient (Wildman–Crippen LogP) is 0.277. The Balaban J connectivity index is 0.000000816. The first-order valence-electron chi connectivity index (χ1n) is 7.18. The van der Waals surface area contributed by atoms with E-state index >= 15 is 0 Å². The Morgan fingerprint density at radius 3 is 2.57 bits per heavy atom. The number of nitrogens with zero attached hydrogens (tertiary/aromatic N) is 2. The van der Waals surface area contributed by atoms with E-state index in [1.165, 1.54) is 0 Å². The zero-order valence-electron chi connectivity index (χ0n) is 13.1. The maximum absolute atomic E-state index is 11.4. The first-order valence-corrected chi connectivity index (χ1v) is 7.18. The average molecular weight is 326 g/mol. The van der Waals surface area contributed by atoms with E-state index in [4.69, 9.17) is 15.0 Å². The van der Waals surface area contributed by atoms with Gasteiger partial charge in [-0.05, 0) is 31.9 Å². The van der Waals surface area contributed by atoms with Gasteiger partial charge < -0.3 is 25.3 Å². The predicted molar refractivity (Wildman–Crippen MR) is 82.8 cm³/mol. The number of piperidine rings is 1. The summed E-state index contributed by atoms with van der Waals surface area (Å²) >= 11 is 0. The molecule has 4 N–H and O–H groups in total. The Bertz CT molecular complexity index is 563. The van der Waals surface area contributed by atoms with Crippen molar-refractivity contribution >= 4 is 18.3 Å². The number of aliphatic hydroxyl groups is 2. The Hall–Kier alpha value is -2.19. The maximum atomic E-state index is 11.4. The van der Waals surface area contributed by atoms with Crippen LogP contribution in [-0.4, -0.2) is 63.7 Å². The molecule has 8 heteroatoms. The van der Waals surface area contributed by atoms with Crippen LogP contribution in [0.1, 0.15) is 28.0 Å². The highest BCUT2D eigenvalue weighted by molar-refractivity contribution is 5.93. The van der Waals surface area contributed by atoms with Gasteiger partial charge in [-0.3, -0.25) is 4.79 Å². The van der Waals surface area contributed by atoms with E-state index in [1.54, 1.807) is 11.0 Å². The van der Waals surface area contributed by atoms with E-state index < -0.39 is 12.1 Å². The summed E-state index contributed by atoms with van der Waals surface area (Å²) in [6.45, 7) is 4.23. The highest BCUT2D eigenvalue weighted by Crippen LogP contribution is 2.26. The number of aromatic carboxylic acids is 1. The molecule has 0 aliphatic carbocycles. The second-order valence-corrected chi connectivity index (χ2v) is 5.42. The third-order valence-electron chi connectivity index (χ3n) is 3.93. The third-order valence-corrected chi connectivity index (χ3v) is 3.93. The van der Waals surface area contributed by atoms with E-state index in [0.29, 0.717) is 25.3 Å². The second-order valence-electron chi connectivity index (χ2n) is 5.42. The lowest BCUT2D eigenvalue weighted by molar-refractivity contribution is -0.122. The highest BCUT2D eigenvalue weighted by atomic mass is 16.4. The molecule has 1 fully saturated rings. The summed E-state index contributed by atoms with van der Waals surface area (Å²) in [5.41, 5.74) is 1.77. The van der Waals surface area contributed by atoms with Crippen LogP contribution in [0.25, 0.3) is 0 Å². The van der Waals surface area contributed by atoms with E-state index in [-0.39, 0.29) is 24.6 Å². The highest BCUT2D eigenvalue weighted by Gasteiger charge is 2.30. The van der Waals surface area contributed by atoms with Crippen LogP contribution in [0.4, 0.5) is 5.82 Å². The van der Waals surface area contributed by atoms with Crippen LogP contribution in [0.5, 0.6) is 0 Å². The van der Waals surface area contributed by atoms with Crippen LogP contribution < -0.4 is 4.90 Å². The fourth-order valence-corrected chi connectivity index (χ4v) is 2.48. The molecule has 8 nitrogen and oxygen atoms in total. The topological polar surface area (TPSA) is 131 Å². The molecule has 0 amide bonds. The summed E-state index contributed by atoms with van der Waals surface area (Å²) in [6, 6.07) is 1.62. The molecule has 1 aromatic rings. The molecule has 23 heavy (non-hydrogen) atoms. The molecular weight excluding hydrogens is 304 g/mol. The number of pyridine rings is 1. The summed E-state index contributed by atoms with van der Waals surface area (Å²) in [6.07, 6.45) is -0.0514. The van der Waals surface area contributed by atoms with Crippen LogP contribution in [0.3, 0.4) is 0 Å². The van der Waals surface area contributed by atoms with Gasteiger partial charge in [0.05, 0.1) is 6.10 Å². The van der Waals surface area contributed by atoms with Crippen LogP contribution >= 0.6 is 0 Å². The minimum Gasteiger partial charge on any atom is -0.483 e. The molecule has 1 aliphatic rings. The molecule has 2 atom stereocenters. The number of aryl methyl sites for hydroxylation is 2. The zero-order chi connectivity index (χ0) is 17.6. The number of rotatable bonds is 3. The van der Waals surface area contributed by atoms with Crippen molar-refractivity contribution in [3.8, 4) is 0 Å². The molecule has 0 unspecified atom stereocenters. The molecule has 2 rings (SSSR count). The molecule has 0 saturated carbocycles. The molecule has 1 aliphatic heterocycles. The number of hydrogen-bond acceptors (Lipinski definition) is 6. The van der Waals surface area contributed by atoms with E-state index in [9.17, 15) is 15.0 Å². The van der Waals surface area contributed by atoms with Crippen molar-refractivity contribution in [3.05, 3.63) is 22.9 Å². The number of carboxylic acid groups (broad SMARTS) is 2. The van der Waals surface area contributed by atoms with E-state index in [1.807, 2.05) is 13.8 Å². The van der Waals surface area contributed by atoms with Crippen LogP contribution in [-0.2, 0) is 4.79 Å². The molecule has 1 saturated heterocycles. The van der Waals surface area contributed by atoms with Gasteiger partial charge in [0.1, 0.15) is 11.4 Å². The van der Waals surface area contributed by atoms with Gasteiger partial charge in [-0.25, -0.2) is 9.78 Å². The monoisotopic (exact) mass is 326 g/mol. The number of aromatic nitrogens is 1. The van der Waals surface area contributed by atoms with Gasteiger partial charge in [0.15, 0.2) is 0 Å². The molecule has 2 heterocycles. The van der Waals surface area contributed by atoms with E-state index in [2.05, 4.69) is 4.98 Å². The SMILES string of the molecule is Cc1cc(C(=O)O)c(N2CC[C@H](CO)[C@@H](O)C2)nc1C.O=CO. The van der Waals surface area contributed by atoms with Gasteiger partial charge >= 0.3 is 5.97 Å². The normalized spacial score (nSPS) is 20.4. The minimum atomic E-state index is -1.02. The van der Waals surface area contributed by atoms with Crippen LogP contribution in [0.15, 0.2) is 6.07 Å². The van der Waals surface area contributed by atoms with Crippen molar-refractivity contribution in [3.63, 3.8) is 0 Å². The lowest BCUT2D eigenvalue weighted by Gasteiger charge is -2.36. The Morgan fingerprint density at radius 1 is 1.48 bits per heavy atom. The Labute approximate surface area is 134 Å². The fourth-order valence-electron chi connectivity index (χ4n) is 2.48. The minimum absolute atomic E-state index is 0.0544. The number of carboxylic acids is 1. The summed E-state index contributed by atoms with van der Waals surface area (Å²) < 4.78 is 0. The molecule has 0 aromatic carbocycles. The number of hydrogen-bond donors (Lipinski definition) is 4. The zero-order valence-corrected chi connectivity index (χ0v) is 13.1. The molecule has 0 bridgehead atoms. The van der Waals surface area contributed by atoms with Crippen molar-refractivity contribution < 1.29 is 30.0 Å². The quantitative estimate of drug-likeness (QED) is 0.582. The van der Waals surface area contributed by atoms with Crippen molar-refractivity contribution in [2.75, 3.05) is 24.6 Å².